The van der Waals surface area contributed by atoms with Gasteiger partial charge in [-0.3, -0.25) is 0 Å². The van der Waals surface area contributed by atoms with Gasteiger partial charge in [0.15, 0.2) is 4.80 Å². The quantitative estimate of drug-likeness (QED) is 0.459. The average molecular weight is 395 g/mol. The Morgan fingerprint density at radius 1 is 1.00 bits per heavy atom. The molecule has 4 heteroatoms. The first kappa shape index (κ1) is 20.6. The molecule has 0 bridgehead atoms. The number of nitrogens with zero attached hydrogens (tertiary/aromatic N) is 2. The number of rotatable bonds is 7. The van der Waals surface area contributed by atoms with Gasteiger partial charge in [-0.2, -0.15) is 0 Å². The molecule has 3 aromatic rings. The van der Waals surface area contributed by atoms with Crippen molar-refractivity contribution in [1.29, 1.82) is 0 Å². The van der Waals surface area contributed by atoms with Crippen LogP contribution in [0.2, 0.25) is 0 Å². The van der Waals surface area contributed by atoms with E-state index in [0.29, 0.717) is 12.5 Å². The Kier molecular flexibility index (Phi) is 6.87. The molecule has 0 saturated heterocycles. The molecule has 1 atom stereocenters. The molecule has 0 spiro atoms. The summed E-state index contributed by atoms with van der Waals surface area (Å²) in [6.45, 7) is 9.43. The molecule has 1 aromatic heterocycles. The highest BCUT2D eigenvalue weighted by atomic mass is 32.1. The molecule has 0 aliphatic rings. The van der Waals surface area contributed by atoms with Crippen LogP contribution in [0.4, 0.5) is 5.69 Å². The van der Waals surface area contributed by atoms with Gasteiger partial charge < -0.3 is 9.30 Å². The SMILES string of the molecule is CCc1ccc(-c2csc(=Nc3ccc(C(C)C)cc3)n2C(C)COC)cc1. The van der Waals surface area contributed by atoms with Gasteiger partial charge in [0.2, 0.25) is 0 Å². The van der Waals surface area contributed by atoms with E-state index in [0.717, 1.165) is 16.9 Å². The molecule has 0 fully saturated rings. The summed E-state index contributed by atoms with van der Waals surface area (Å²) in [6.07, 6.45) is 1.05. The molecule has 1 unspecified atom stereocenters. The van der Waals surface area contributed by atoms with Gasteiger partial charge in [-0.25, -0.2) is 4.99 Å². The van der Waals surface area contributed by atoms with Crippen molar-refractivity contribution in [2.45, 2.75) is 46.1 Å². The first-order valence-corrected chi connectivity index (χ1v) is 10.8. The Morgan fingerprint density at radius 3 is 2.25 bits per heavy atom. The van der Waals surface area contributed by atoms with Crippen LogP contribution in [0, 0.1) is 0 Å². The average Bonchev–Trinajstić information content (AvgIpc) is 3.12. The van der Waals surface area contributed by atoms with E-state index in [1.165, 1.54) is 22.4 Å². The lowest BCUT2D eigenvalue weighted by Gasteiger charge is -2.17. The number of ether oxygens (including phenoxy) is 1. The number of thiazole rings is 1. The Hall–Kier alpha value is -2.17. The maximum Gasteiger partial charge on any atom is 0.190 e. The first-order valence-electron chi connectivity index (χ1n) is 9.96. The van der Waals surface area contributed by atoms with E-state index in [1.807, 2.05) is 0 Å². The summed E-state index contributed by atoms with van der Waals surface area (Å²) in [4.78, 5) is 5.95. The molecular formula is C24H30N2OS. The predicted octanol–water partition coefficient (Wildman–Crippen LogP) is 6.34. The normalized spacial score (nSPS) is 13.3. The summed E-state index contributed by atoms with van der Waals surface area (Å²) in [5.41, 5.74) is 6.08. The van der Waals surface area contributed by atoms with Crippen LogP contribution in [0.5, 0.6) is 0 Å². The van der Waals surface area contributed by atoms with Crippen LogP contribution in [0.25, 0.3) is 11.3 Å². The highest BCUT2D eigenvalue weighted by Gasteiger charge is 2.14. The second-order valence-electron chi connectivity index (χ2n) is 7.49. The Balaban J connectivity index is 2.06. The van der Waals surface area contributed by atoms with E-state index in [-0.39, 0.29) is 6.04 Å². The molecule has 0 N–H and O–H groups in total. The largest absolute Gasteiger partial charge is 0.383 e. The molecule has 0 amide bonds. The van der Waals surface area contributed by atoms with E-state index in [2.05, 4.69) is 86.2 Å². The zero-order chi connectivity index (χ0) is 20.1. The van der Waals surface area contributed by atoms with Gasteiger partial charge in [-0.15, -0.1) is 11.3 Å². The summed E-state index contributed by atoms with van der Waals surface area (Å²) < 4.78 is 7.74. The summed E-state index contributed by atoms with van der Waals surface area (Å²) in [7, 11) is 1.75. The maximum absolute atomic E-state index is 5.44. The van der Waals surface area contributed by atoms with Crippen LogP contribution >= 0.6 is 11.3 Å². The zero-order valence-corrected chi connectivity index (χ0v) is 18.3. The van der Waals surface area contributed by atoms with Crippen molar-refractivity contribution in [3.8, 4) is 11.3 Å². The fourth-order valence-electron chi connectivity index (χ4n) is 3.31. The van der Waals surface area contributed by atoms with Crippen LogP contribution in [-0.4, -0.2) is 18.3 Å². The van der Waals surface area contributed by atoms with Gasteiger partial charge in [0.05, 0.1) is 24.0 Å². The minimum atomic E-state index is 0.200. The Labute approximate surface area is 172 Å². The lowest BCUT2D eigenvalue weighted by Crippen LogP contribution is -2.23. The number of hydrogen-bond acceptors (Lipinski definition) is 3. The molecule has 1 heterocycles. The van der Waals surface area contributed by atoms with Crippen LogP contribution < -0.4 is 4.80 Å². The van der Waals surface area contributed by atoms with Crippen molar-refractivity contribution in [2.75, 3.05) is 13.7 Å². The van der Waals surface area contributed by atoms with E-state index in [4.69, 9.17) is 9.73 Å². The summed E-state index contributed by atoms with van der Waals surface area (Å²) >= 11 is 1.68. The topological polar surface area (TPSA) is 26.5 Å². The van der Waals surface area contributed by atoms with Crippen molar-refractivity contribution in [3.05, 3.63) is 69.8 Å². The Bertz CT molecular complexity index is 950. The zero-order valence-electron chi connectivity index (χ0n) is 17.5. The van der Waals surface area contributed by atoms with E-state index in [1.54, 1.807) is 18.4 Å². The number of hydrogen-bond donors (Lipinski definition) is 0. The van der Waals surface area contributed by atoms with Crippen LogP contribution in [0.3, 0.4) is 0 Å². The van der Waals surface area contributed by atoms with Crippen LogP contribution in [0.1, 0.15) is 50.8 Å². The summed E-state index contributed by atoms with van der Waals surface area (Å²) in [5.74, 6) is 0.528. The number of aromatic nitrogens is 1. The monoisotopic (exact) mass is 394 g/mol. The smallest absolute Gasteiger partial charge is 0.190 e. The molecule has 0 aliphatic heterocycles. The van der Waals surface area contributed by atoms with Gasteiger partial charge in [-0.1, -0.05) is 57.2 Å². The van der Waals surface area contributed by atoms with Gasteiger partial charge in [0, 0.05) is 12.5 Å². The van der Waals surface area contributed by atoms with Gasteiger partial charge >= 0.3 is 0 Å². The lowest BCUT2D eigenvalue weighted by molar-refractivity contribution is 0.162. The third-order valence-electron chi connectivity index (χ3n) is 5.03. The molecule has 148 valence electrons. The molecule has 0 radical (unpaired) electrons. The lowest BCUT2D eigenvalue weighted by atomic mass is 10.0. The first-order chi connectivity index (χ1) is 13.5. The van der Waals surface area contributed by atoms with Crippen molar-refractivity contribution < 1.29 is 4.74 Å². The minimum Gasteiger partial charge on any atom is -0.383 e. The fraction of sp³-hybridized carbons (Fsp3) is 0.375. The van der Waals surface area contributed by atoms with Crippen molar-refractivity contribution in [2.24, 2.45) is 4.99 Å². The molecule has 3 nitrogen and oxygen atoms in total. The van der Waals surface area contributed by atoms with Crippen LogP contribution in [0.15, 0.2) is 58.9 Å². The van der Waals surface area contributed by atoms with E-state index in [9.17, 15) is 0 Å². The molecule has 3 rings (SSSR count). The van der Waals surface area contributed by atoms with E-state index >= 15 is 0 Å². The number of benzene rings is 2. The minimum absolute atomic E-state index is 0.200. The fourth-order valence-corrected chi connectivity index (χ4v) is 4.33. The van der Waals surface area contributed by atoms with Crippen molar-refractivity contribution >= 4 is 17.0 Å². The highest BCUT2D eigenvalue weighted by molar-refractivity contribution is 7.07. The summed E-state index contributed by atoms with van der Waals surface area (Å²) in [5, 5.41) is 2.20. The third-order valence-corrected chi connectivity index (χ3v) is 5.87. The van der Waals surface area contributed by atoms with Crippen LogP contribution in [-0.2, 0) is 11.2 Å². The van der Waals surface area contributed by atoms with Gasteiger partial charge in [-0.05, 0) is 48.1 Å². The third kappa shape index (κ3) is 4.62. The molecule has 0 aliphatic carbocycles. The molecule has 0 saturated carbocycles. The van der Waals surface area contributed by atoms with Gasteiger partial charge in [0.1, 0.15) is 0 Å². The van der Waals surface area contributed by atoms with Crippen molar-refractivity contribution in [3.63, 3.8) is 0 Å². The maximum atomic E-state index is 5.44. The summed E-state index contributed by atoms with van der Waals surface area (Å²) in [6, 6.07) is 17.6. The predicted molar refractivity (Wildman–Crippen MR) is 119 cm³/mol. The molecule has 28 heavy (non-hydrogen) atoms. The number of aryl methyl sites for hydroxylation is 1. The molecular weight excluding hydrogens is 364 g/mol. The second-order valence-corrected chi connectivity index (χ2v) is 8.32. The highest BCUT2D eigenvalue weighted by Crippen LogP contribution is 2.25. The molecule has 2 aromatic carbocycles. The van der Waals surface area contributed by atoms with E-state index < -0.39 is 0 Å². The number of methoxy groups -OCH3 is 1. The Morgan fingerprint density at radius 2 is 1.68 bits per heavy atom. The standard InChI is InChI=1S/C24H30N2OS/c1-6-19-7-9-21(10-8-19)23-16-28-24(26(23)18(4)15-27-5)25-22-13-11-20(12-14-22)17(2)3/h7-14,16-18H,6,15H2,1-5H3. The second kappa shape index (κ2) is 9.35. The van der Waals surface area contributed by atoms with Gasteiger partial charge in [0.25, 0.3) is 0 Å². The van der Waals surface area contributed by atoms with Crippen molar-refractivity contribution in [1.82, 2.24) is 4.57 Å².